The number of amides is 1. The summed E-state index contributed by atoms with van der Waals surface area (Å²) in [6.45, 7) is 6.28. The van der Waals surface area contributed by atoms with E-state index in [0.717, 1.165) is 32.6 Å². The van der Waals surface area contributed by atoms with Crippen LogP contribution in [0.3, 0.4) is 0 Å². The topological polar surface area (TPSA) is 58.4 Å². The second-order valence-corrected chi connectivity index (χ2v) is 8.22. The third-order valence-corrected chi connectivity index (χ3v) is 6.10. The van der Waals surface area contributed by atoms with Crippen molar-refractivity contribution in [2.45, 2.75) is 26.4 Å². The Bertz CT molecular complexity index is 1020. The van der Waals surface area contributed by atoms with E-state index in [1.165, 1.54) is 33.4 Å². The third-order valence-electron chi connectivity index (χ3n) is 5.21. The van der Waals surface area contributed by atoms with Crippen LogP contribution in [0.15, 0.2) is 46.8 Å². The summed E-state index contributed by atoms with van der Waals surface area (Å²) in [6.07, 6.45) is 2.42. The molecule has 28 heavy (non-hydrogen) atoms. The summed E-state index contributed by atoms with van der Waals surface area (Å²) >= 11 is 1.37. The van der Waals surface area contributed by atoms with Gasteiger partial charge in [-0.3, -0.25) is 19.1 Å². The zero-order valence-electron chi connectivity index (χ0n) is 16.0. The number of aryl methyl sites for hydroxylation is 1. The van der Waals surface area contributed by atoms with Crippen molar-refractivity contribution >= 4 is 27.5 Å². The number of nitrogens with zero attached hydrogens (tertiary/aromatic N) is 4. The first-order chi connectivity index (χ1) is 13.6. The largest absolute Gasteiger partial charge is 0.340 e. The smallest absolute Gasteiger partial charge is 0.271 e. The summed E-state index contributed by atoms with van der Waals surface area (Å²) in [5, 5.41) is 1.85. The first kappa shape index (κ1) is 18.8. The maximum atomic E-state index is 12.8. The SMILES string of the molecule is Cc1ccc(CN2CCCN(C(=O)Cn3cnc4ccsc4c3=O)CC2)cc1. The molecule has 1 saturated heterocycles. The highest BCUT2D eigenvalue weighted by atomic mass is 32.1. The molecule has 2 aromatic heterocycles. The molecular weight excluding hydrogens is 372 g/mol. The fraction of sp³-hybridized carbons (Fsp3) is 0.381. The van der Waals surface area contributed by atoms with Crippen molar-refractivity contribution in [1.29, 1.82) is 0 Å². The van der Waals surface area contributed by atoms with Crippen LogP contribution in [0, 0.1) is 6.92 Å². The average Bonchev–Trinajstić information content (AvgIpc) is 3.05. The highest BCUT2D eigenvalue weighted by molar-refractivity contribution is 7.17. The molecule has 1 aromatic carbocycles. The maximum Gasteiger partial charge on any atom is 0.271 e. The Labute approximate surface area is 168 Å². The van der Waals surface area contributed by atoms with Crippen molar-refractivity contribution in [3.05, 3.63) is 63.5 Å². The zero-order chi connectivity index (χ0) is 19.5. The van der Waals surface area contributed by atoms with Crippen LogP contribution in [0.4, 0.5) is 0 Å². The van der Waals surface area contributed by atoms with Crippen LogP contribution in [-0.4, -0.2) is 51.4 Å². The molecule has 0 unspecified atom stereocenters. The van der Waals surface area contributed by atoms with Crippen LogP contribution in [0.2, 0.25) is 0 Å². The van der Waals surface area contributed by atoms with Crippen LogP contribution in [-0.2, 0) is 17.9 Å². The predicted octanol–water partition coefficient (Wildman–Crippen LogP) is 2.50. The van der Waals surface area contributed by atoms with E-state index >= 15 is 0 Å². The molecule has 0 bridgehead atoms. The number of benzene rings is 1. The van der Waals surface area contributed by atoms with Gasteiger partial charge in [0.05, 0.1) is 11.8 Å². The van der Waals surface area contributed by atoms with E-state index in [1.54, 1.807) is 0 Å². The number of fused-ring (bicyclic) bond motifs is 1. The van der Waals surface area contributed by atoms with Crippen molar-refractivity contribution in [3.8, 4) is 0 Å². The van der Waals surface area contributed by atoms with Crippen LogP contribution >= 0.6 is 11.3 Å². The average molecular weight is 397 g/mol. The molecule has 0 saturated carbocycles. The first-order valence-electron chi connectivity index (χ1n) is 9.58. The predicted molar refractivity (Wildman–Crippen MR) is 112 cm³/mol. The number of rotatable bonds is 4. The van der Waals surface area contributed by atoms with Gasteiger partial charge in [-0.05, 0) is 30.4 Å². The highest BCUT2D eigenvalue weighted by Gasteiger charge is 2.20. The zero-order valence-corrected chi connectivity index (χ0v) is 16.8. The molecule has 0 atom stereocenters. The fourth-order valence-electron chi connectivity index (χ4n) is 3.57. The van der Waals surface area contributed by atoms with Gasteiger partial charge < -0.3 is 4.90 Å². The summed E-state index contributed by atoms with van der Waals surface area (Å²) in [7, 11) is 0. The molecule has 7 heteroatoms. The minimum atomic E-state index is -0.135. The van der Waals surface area contributed by atoms with Gasteiger partial charge in [0.1, 0.15) is 11.2 Å². The number of aromatic nitrogens is 2. The van der Waals surface area contributed by atoms with Gasteiger partial charge in [-0.25, -0.2) is 4.98 Å². The Balaban J connectivity index is 1.38. The monoisotopic (exact) mass is 396 g/mol. The Kier molecular flexibility index (Phi) is 5.54. The van der Waals surface area contributed by atoms with Gasteiger partial charge in [0.25, 0.3) is 5.56 Å². The Hall–Kier alpha value is -2.51. The van der Waals surface area contributed by atoms with E-state index in [0.29, 0.717) is 16.8 Å². The van der Waals surface area contributed by atoms with E-state index in [9.17, 15) is 9.59 Å². The van der Waals surface area contributed by atoms with Gasteiger partial charge in [-0.15, -0.1) is 11.3 Å². The van der Waals surface area contributed by atoms with Gasteiger partial charge in [-0.2, -0.15) is 0 Å². The molecule has 0 spiro atoms. The van der Waals surface area contributed by atoms with Crippen molar-refractivity contribution < 1.29 is 4.79 Å². The third kappa shape index (κ3) is 4.15. The lowest BCUT2D eigenvalue weighted by Gasteiger charge is -2.22. The van der Waals surface area contributed by atoms with E-state index in [1.807, 2.05) is 16.3 Å². The van der Waals surface area contributed by atoms with Gasteiger partial charge in [0.2, 0.25) is 5.91 Å². The minimum absolute atomic E-state index is 0.0167. The molecule has 1 aliphatic rings. The molecular formula is C21H24N4O2S. The van der Waals surface area contributed by atoms with Gasteiger partial charge in [0, 0.05) is 32.7 Å². The molecule has 0 N–H and O–H groups in total. The highest BCUT2D eigenvalue weighted by Crippen LogP contribution is 2.14. The standard InChI is InChI=1S/C21H24N4O2S/c1-16-3-5-17(6-4-16)13-23-8-2-9-24(11-10-23)19(26)14-25-15-22-18-7-12-28-20(18)21(25)27/h3-7,12,15H,2,8-11,13-14H2,1H3. The molecule has 6 nitrogen and oxygen atoms in total. The van der Waals surface area contributed by atoms with Crippen LogP contribution in [0.5, 0.6) is 0 Å². The van der Waals surface area contributed by atoms with E-state index in [4.69, 9.17) is 0 Å². The van der Waals surface area contributed by atoms with E-state index in [2.05, 4.69) is 41.1 Å². The summed E-state index contributed by atoms with van der Waals surface area (Å²) in [6, 6.07) is 10.4. The van der Waals surface area contributed by atoms with Crippen molar-refractivity contribution in [1.82, 2.24) is 19.4 Å². The number of hydrogen-bond acceptors (Lipinski definition) is 5. The molecule has 0 aliphatic carbocycles. The van der Waals surface area contributed by atoms with Crippen LogP contribution in [0.25, 0.3) is 10.2 Å². The minimum Gasteiger partial charge on any atom is -0.340 e. The lowest BCUT2D eigenvalue weighted by Crippen LogP contribution is -2.38. The summed E-state index contributed by atoms with van der Waals surface area (Å²) in [5.41, 5.74) is 3.12. The lowest BCUT2D eigenvalue weighted by molar-refractivity contribution is -0.131. The molecule has 3 heterocycles. The second kappa shape index (κ2) is 8.24. The van der Waals surface area contributed by atoms with Crippen molar-refractivity contribution in [3.63, 3.8) is 0 Å². The lowest BCUT2D eigenvalue weighted by atomic mass is 10.1. The second-order valence-electron chi connectivity index (χ2n) is 7.31. The van der Waals surface area contributed by atoms with Gasteiger partial charge >= 0.3 is 0 Å². The number of thiophene rings is 1. The quantitative estimate of drug-likeness (QED) is 0.680. The molecule has 0 radical (unpaired) electrons. The Morgan fingerprint density at radius 2 is 1.93 bits per heavy atom. The van der Waals surface area contributed by atoms with Crippen LogP contribution in [0.1, 0.15) is 17.5 Å². The summed E-state index contributed by atoms with van der Waals surface area (Å²) in [5.74, 6) is -0.0167. The molecule has 1 aliphatic heterocycles. The van der Waals surface area contributed by atoms with E-state index in [-0.39, 0.29) is 18.0 Å². The molecule has 4 rings (SSSR count). The molecule has 1 fully saturated rings. The van der Waals surface area contributed by atoms with E-state index < -0.39 is 0 Å². The maximum absolute atomic E-state index is 12.8. The Morgan fingerprint density at radius 1 is 1.11 bits per heavy atom. The van der Waals surface area contributed by atoms with Gasteiger partial charge in [-0.1, -0.05) is 29.8 Å². The number of carbonyl (C=O) groups is 1. The van der Waals surface area contributed by atoms with Crippen molar-refractivity contribution in [2.75, 3.05) is 26.2 Å². The molecule has 146 valence electrons. The number of hydrogen-bond donors (Lipinski definition) is 0. The van der Waals surface area contributed by atoms with Gasteiger partial charge in [0.15, 0.2) is 0 Å². The normalized spacial score (nSPS) is 15.7. The Morgan fingerprint density at radius 3 is 2.75 bits per heavy atom. The number of carbonyl (C=O) groups excluding carboxylic acids is 1. The molecule has 3 aromatic rings. The first-order valence-corrected chi connectivity index (χ1v) is 10.5. The van der Waals surface area contributed by atoms with Crippen LogP contribution < -0.4 is 5.56 Å². The summed E-state index contributed by atoms with van der Waals surface area (Å²) < 4.78 is 2.03. The summed E-state index contributed by atoms with van der Waals surface area (Å²) in [4.78, 5) is 33.8. The fourth-order valence-corrected chi connectivity index (χ4v) is 4.36. The molecule has 1 amide bonds. The van der Waals surface area contributed by atoms with Crippen molar-refractivity contribution in [2.24, 2.45) is 0 Å².